The molecule has 0 amide bonds. The van der Waals surface area contributed by atoms with E-state index < -0.39 is 34.9 Å². The molecule has 0 aliphatic heterocycles. The number of hydrogen-bond acceptors (Lipinski definition) is 3. The highest BCUT2D eigenvalue weighted by atomic mass is 19.4. The molecular formula is C12H9F4N3O2. The van der Waals surface area contributed by atoms with Gasteiger partial charge < -0.3 is 9.67 Å². The first-order chi connectivity index (χ1) is 9.75. The number of carboxylic acids is 1. The predicted molar refractivity (Wildman–Crippen MR) is 62.7 cm³/mol. The molecule has 1 N–H and O–H groups in total. The summed E-state index contributed by atoms with van der Waals surface area (Å²) < 4.78 is 53.1. The average molecular weight is 303 g/mol. The number of halogens is 4. The molecule has 9 heteroatoms. The van der Waals surface area contributed by atoms with Crippen LogP contribution in [-0.4, -0.2) is 25.6 Å². The van der Waals surface area contributed by atoms with Crippen LogP contribution in [0.5, 0.6) is 0 Å². The highest BCUT2D eigenvalue weighted by Crippen LogP contribution is 2.33. The number of carboxylic acid groups (broad SMARTS) is 1. The quantitative estimate of drug-likeness (QED) is 0.885. The molecule has 112 valence electrons. The highest BCUT2D eigenvalue weighted by molar-refractivity contribution is 5.89. The first-order valence-corrected chi connectivity index (χ1v) is 5.78. The maximum atomic E-state index is 14.0. The Hall–Kier alpha value is -2.45. The van der Waals surface area contributed by atoms with Crippen molar-refractivity contribution in [2.24, 2.45) is 0 Å². The van der Waals surface area contributed by atoms with Gasteiger partial charge in [-0.05, 0) is 6.42 Å². The second-order valence-electron chi connectivity index (χ2n) is 4.11. The summed E-state index contributed by atoms with van der Waals surface area (Å²) in [5.74, 6) is -3.08. The summed E-state index contributed by atoms with van der Waals surface area (Å²) in [6.07, 6.45) is -2.47. The predicted octanol–water partition coefficient (Wildman–Crippen LogP) is 2.69. The topological polar surface area (TPSA) is 68.0 Å². The zero-order valence-corrected chi connectivity index (χ0v) is 10.6. The van der Waals surface area contributed by atoms with E-state index in [1.807, 2.05) is 0 Å². The summed E-state index contributed by atoms with van der Waals surface area (Å²) in [7, 11) is 0. The Morgan fingerprint density at radius 1 is 1.33 bits per heavy atom. The van der Waals surface area contributed by atoms with E-state index >= 15 is 0 Å². The van der Waals surface area contributed by atoms with Crippen LogP contribution in [0.25, 0.3) is 5.82 Å². The second kappa shape index (κ2) is 5.15. The van der Waals surface area contributed by atoms with Crippen LogP contribution in [0, 0.1) is 5.82 Å². The summed E-state index contributed by atoms with van der Waals surface area (Å²) in [5.41, 5.74) is -2.32. The van der Waals surface area contributed by atoms with E-state index in [0.717, 1.165) is 6.33 Å². The Morgan fingerprint density at radius 2 is 2.00 bits per heavy atom. The van der Waals surface area contributed by atoms with Gasteiger partial charge in [0.2, 0.25) is 0 Å². The van der Waals surface area contributed by atoms with E-state index in [1.165, 1.54) is 0 Å². The number of hydrogen-bond donors (Lipinski definition) is 1. The summed E-state index contributed by atoms with van der Waals surface area (Å²) in [6.45, 7) is 1.62. The zero-order chi connectivity index (χ0) is 15.8. The number of aromatic nitrogens is 3. The van der Waals surface area contributed by atoms with Gasteiger partial charge in [0.1, 0.15) is 6.33 Å². The first-order valence-electron chi connectivity index (χ1n) is 5.78. The SMILES string of the molecule is CCc1ncnc(-n2cc(C(=O)O)c(C(F)(F)F)c2)c1F. The van der Waals surface area contributed by atoms with Crippen LogP contribution in [-0.2, 0) is 12.6 Å². The van der Waals surface area contributed by atoms with Gasteiger partial charge in [-0.15, -0.1) is 0 Å². The molecule has 0 aromatic carbocycles. The van der Waals surface area contributed by atoms with Gasteiger partial charge in [0.25, 0.3) is 0 Å². The minimum Gasteiger partial charge on any atom is -0.478 e. The Bertz CT molecular complexity index is 694. The minimum absolute atomic E-state index is 0.0270. The lowest BCUT2D eigenvalue weighted by atomic mass is 10.2. The van der Waals surface area contributed by atoms with Crippen molar-refractivity contribution in [3.05, 3.63) is 41.4 Å². The zero-order valence-electron chi connectivity index (χ0n) is 10.6. The molecule has 2 aromatic rings. The minimum atomic E-state index is -4.87. The van der Waals surface area contributed by atoms with Crippen molar-refractivity contribution in [2.45, 2.75) is 19.5 Å². The van der Waals surface area contributed by atoms with Crippen LogP contribution in [0.4, 0.5) is 17.6 Å². The molecule has 2 rings (SSSR count). The molecule has 0 fully saturated rings. The fourth-order valence-electron chi connectivity index (χ4n) is 1.80. The van der Waals surface area contributed by atoms with Crippen LogP contribution in [0.1, 0.15) is 28.5 Å². The molecule has 0 bridgehead atoms. The molecule has 0 atom stereocenters. The number of carbonyl (C=O) groups is 1. The van der Waals surface area contributed by atoms with Crippen molar-refractivity contribution >= 4 is 5.97 Å². The Kier molecular flexibility index (Phi) is 3.67. The van der Waals surface area contributed by atoms with Crippen LogP contribution in [0.2, 0.25) is 0 Å². The lowest BCUT2D eigenvalue weighted by Crippen LogP contribution is -2.09. The molecule has 5 nitrogen and oxygen atoms in total. The molecule has 0 aliphatic rings. The summed E-state index contributed by atoms with van der Waals surface area (Å²) in [4.78, 5) is 18.1. The van der Waals surface area contributed by atoms with Crippen molar-refractivity contribution < 1.29 is 27.5 Å². The van der Waals surface area contributed by atoms with Gasteiger partial charge in [-0.25, -0.2) is 19.2 Å². The second-order valence-corrected chi connectivity index (χ2v) is 4.11. The highest BCUT2D eigenvalue weighted by Gasteiger charge is 2.37. The van der Waals surface area contributed by atoms with Crippen molar-refractivity contribution in [3.8, 4) is 5.82 Å². The molecule has 0 spiro atoms. The number of aryl methyl sites for hydroxylation is 1. The fourth-order valence-corrected chi connectivity index (χ4v) is 1.80. The largest absolute Gasteiger partial charge is 0.478 e. The molecule has 0 saturated carbocycles. The molecule has 0 radical (unpaired) electrons. The number of nitrogens with zero attached hydrogens (tertiary/aromatic N) is 3. The molecule has 0 saturated heterocycles. The van der Waals surface area contributed by atoms with Crippen molar-refractivity contribution in [1.82, 2.24) is 14.5 Å². The molecule has 21 heavy (non-hydrogen) atoms. The summed E-state index contributed by atoms with van der Waals surface area (Å²) >= 11 is 0. The van der Waals surface area contributed by atoms with Crippen LogP contribution in [0.3, 0.4) is 0 Å². The number of rotatable bonds is 3. The van der Waals surface area contributed by atoms with Gasteiger partial charge in [0.05, 0.1) is 16.8 Å². The van der Waals surface area contributed by atoms with Gasteiger partial charge in [0, 0.05) is 12.4 Å². The molecule has 0 unspecified atom stereocenters. The van der Waals surface area contributed by atoms with Gasteiger partial charge in [0.15, 0.2) is 11.6 Å². The maximum Gasteiger partial charge on any atom is 0.418 e. The van der Waals surface area contributed by atoms with Crippen molar-refractivity contribution in [1.29, 1.82) is 0 Å². The van der Waals surface area contributed by atoms with Crippen molar-refractivity contribution in [2.75, 3.05) is 0 Å². The lowest BCUT2D eigenvalue weighted by molar-refractivity contribution is -0.138. The lowest BCUT2D eigenvalue weighted by Gasteiger charge is -2.06. The molecule has 0 aliphatic carbocycles. The van der Waals surface area contributed by atoms with Crippen molar-refractivity contribution in [3.63, 3.8) is 0 Å². The van der Waals surface area contributed by atoms with E-state index in [1.54, 1.807) is 6.92 Å². The van der Waals surface area contributed by atoms with E-state index in [9.17, 15) is 22.4 Å². The maximum absolute atomic E-state index is 14.0. The van der Waals surface area contributed by atoms with E-state index in [0.29, 0.717) is 17.0 Å². The van der Waals surface area contributed by atoms with E-state index in [-0.39, 0.29) is 12.1 Å². The van der Waals surface area contributed by atoms with Gasteiger partial charge in [-0.2, -0.15) is 13.2 Å². The fraction of sp³-hybridized carbons (Fsp3) is 0.250. The van der Waals surface area contributed by atoms with E-state index in [4.69, 9.17) is 5.11 Å². The number of aromatic carboxylic acids is 1. The van der Waals surface area contributed by atoms with Crippen LogP contribution >= 0.6 is 0 Å². The Balaban J connectivity index is 2.64. The monoisotopic (exact) mass is 303 g/mol. The normalized spacial score (nSPS) is 11.7. The third-order valence-corrected chi connectivity index (χ3v) is 2.79. The summed E-state index contributed by atoms with van der Waals surface area (Å²) in [5, 5.41) is 8.82. The molecule has 2 aromatic heterocycles. The average Bonchev–Trinajstić information content (AvgIpc) is 2.84. The van der Waals surface area contributed by atoms with Gasteiger partial charge >= 0.3 is 12.1 Å². The first kappa shape index (κ1) is 14.9. The molecular weight excluding hydrogens is 294 g/mol. The smallest absolute Gasteiger partial charge is 0.418 e. The standard InChI is InChI=1S/C12H9F4N3O2/c1-2-8-9(13)10(18-5-17-8)19-3-6(11(20)21)7(4-19)12(14,15)16/h3-5H,2H2,1H3,(H,20,21). The van der Waals surface area contributed by atoms with Gasteiger partial charge in [-0.3, -0.25) is 0 Å². The Labute approximate surface area is 115 Å². The molecule has 2 heterocycles. The van der Waals surface area contributed by atoms with E-state index in [2.05, 4.69) is 9.97 Å². The van der Waals surface area contributed by atoms with Gasteiger partial charge in [-0.1, -0.05) is 6.92 Å². The summed E-state index contributed by atoms with van der Waals surface area (Å²) in [6, 6.07) is 0. The third-order valence-electron chi connectivity index (χ3n) is 2.79. The third kappa shape index (κ3) is 2.71. The van der Waals surface area contributed by atoms with Crippen LogP contribution in [0.15, 0.2) is 18.7 Å². The van der Waals surface area contributed by atoms with Crippen LogP contribution < -0.4 is 0 Å². The number of alkyl halides is 3. The Morgan fingerprint density at radius 3 is 2.48 bits per heavy atom.